The second-order valence-corrected chi connectivity index (χ2v) is 14.6. The lowest BCUT2D eigenvalue weighted by Crippen LogP contribution is -2.45. The lowest BCUT2D eigenvalue weighted by atomic mass is 9.92. The summed E-state index contributed by atoms with van der Waals surface area (Å²) in [5.41, 5.74) is 10.4. The van der Waals surface area contributed by atoms with Crippen LogP contribution in [0.25, 0.3) is 5.73 Å². The highest BCUT2D eigenvalue weighted by atomic mass is 32.2. The zero-order chi connectivity index (χ0) is 22.0. The summed E-state index contributed by atoms with van der Waals surface area (Å²) < 4.78 is 32.7. The first kappa shape index (κ1) is 23.3. The summed E-state index contributed by atoms with van der Waals surface area (Å²) >= 11 is 0. The second-order valence-electron chi connectivity index (χ2n) is 7.88. The van der Waals surface area contributed by atoms with Crippen LogP contribution in [0.15, 0.2) is 71.4 Å². The van der Waals surface area contributed by atoms with Crippen LogP contribution in [0.2, 0.25) is 0 Å². The van der Waals surface area contributed by atoms with Crippen LogP contribution in [0.3, 0.4) is 0 Å². The van der Waals surface area contributed by atoms with Crippen LogP contribution in [0.1, 0.15) is 11.1 Å². The van der Waals surface area contributed by atoms with Crippen molar-refractivity contribution in [2.24, 2.45) is 5.92 Å². The Labute approximate surface area is 174 Å². The van der Waals surface area contributed by atoms with Gasteiger partial charge in [-0.2, -0.15) is 0 Å². The fourth-order valence-corrected chi connectivity index (χ4v) is 6.13. The van der Waals surface area contributed by atoms with Crippen molar-refractivity contribution >= 4 is 23.1 Å². The third kappa shape index (κ3) is 4.30. The molecule has 2 unspecified atom stereocenters. The molecule has 29 heavy (non-hydrogen) atoms. The van der Waals surface area contributed by atoms with Crippen LogP contribution in [0.4, 0.5) is 0 Å². The van der Waals surface area contributed by atoms with E-state index in [2.05, 4.69) is 6.58 Å². The topological polar surface area (TPSA) is 84.2 Å². The summed E-state index contributed by atoms with van der Waals surface area (Å²) in [6, 6.07) is 14.5. The Kier molecular flexibility index (Phi) is 6.73. The standard InChI is InChI=1S/C22H28NO4PS/c1-16-12-14-19(15-13-16)29(25,26)22(23,18-10-8-7-9-11-18)20(21(24)27-3)17(2)28(4,5)6/h7-15,20,23H,2H2,1,3-6H3. The van der Waals surface area contributed by atoms with Crippen LogP contribution in [0, 0.1) is 12.8 Å². The van der Waals surface area contributed by atoms with Gasteiger partial charge in [0, 0.05) is 12.1 Å². The highest BCUT2D eigenvalue weighted by Gasteiger charge is 2.52. The fraction of sp³-hybridized carbons (Fsp3) is 0.318. The summed E-state index contributed by atoms with van der Waals surface area (Å²) in [6.45, 7) is 11.7. The molecule has 0 radical (unpaired) electrons. The van der Waals surface area contributed by atoms with Gasteiger partial charge in [-0.05, 0) is 24.6 Å². The van der Waals surface area contributed by atoms with Gasteiger partial charge in [0.25, 0.3) is 0 Å². The molecule has 2 aromatic rings. The smallest absolute Gasteiger partial charge is 0.316 e. The summed E-state index contributed by atoms with van der Waals surface area (Å²) in [5, 5.41) is 0.430. The molecule has 0 saturated heterocycles. The van der Waals surface area contributed by atoms with Gasteiger partial charge < -0.3 is 10.5 Å². The van der Waals surface area contributed by atoms with Crippen molar-refractivity contribution in [3.63, 3.8) is 0 Å². The molecule has 2 rings (SSSR count). The molecule has 0 saturated carbocycles. The van der Waals surface area contributed by atoms with Gasteiger partial charge in [-0.25, -0.2) is 8.42 Å². The van der Waals surface area contributed by atoms with Gasteiger partial charge in [-0.1, -0.05) is 54.6 Å². The van der Waals surface area contributed by atoms with Crippen LogP contribution < -0.4 is 0 Å². The molecular weight excluding hydrogens is 405 g/mol. The van der Waals surface area contributed by atoms with Crippen LogP contribution in [-0.2, 0) is 24.2 Å². The Bertz CT molecular complexity index is 995. The van der Waals surface area contributed by atoms with Crippen molar-refractivity contribution in [2.75, 3.05) is 27.1 Å². The van der Waals surface area contributed by atoms with Crippen molar-refractivity contribution in [1.29, 1.82) is 0 Å². The predicted molar refractivity (Wildman–Crippen MR) is 120 cm³/mol. The van der Waals surface area contributed by atoms with Crippen molar-refractivity contribution in [2.45, 2.75) is 16.7 Å². The third-order valence-corrected chi connectivity index (χ3v) is 9.19. The highest BCUT2D eigenvalue weighted by molar-refractivity contribution is 7.92. The zero-order valence-electron chi connectivity index (χ0n) is 17.5. The van der Waals surface area contributed by atoms with Crippen molar-refractivity contribution < 1.29 is 17.9 Å². The van der Waals surface area contributed by atoms with Crippen LogP contribution in [-0.4, -0.2) is 41.5 Å². The molecule has 1 N–H and O–H groups in total. The van der Waals surface area contributed by atoms with Crippen LogP contribution in [0.5, 0.6) is 0 Å². The number of hydrogen-bond donors (Lipinski definition) is 0. The summed E-state index contributed by atoms with van der Waals surface area (Å²) in [4.78, 5) is 10.6. The lowest BCUT2D eigenvalue weighted by Gasteiger charge is -2.44. The Balaban J connectivity index is 2.88. The van der Waals surface area contributed by atoms with Crippen LogP contribution >= 0.6 is 7.26 Å². The Hall–Kier alpha value is -2.01. The molecule has 0 heterocycles. The summed E-state index contributed by atoms with van der Waals surface area (Å²) in [5.74, 6) is -2.14. The number of rotatable bonds is 7. The van der Waals surface area contributed by atoms with Gasteiger partial charge in [0.2, 0.25) is 0 Å². The van der Waals surface area contributed by atoms with E-state index in [4.69, 9.17) is 4.74 Å². The molecule has 0 aliphatic heterocycles. The number of carbonyl (C=O) groups is 1. The monoisotopic (exact) mass is 433 g/mol. The van der Waals surface area contributed by atoms with Gasteiger partial charge in [-0.3, -0.25) is 4.79 Å². The first-order valence-corrected chi connectivity index (χ1v) is 13.7. The van der Waals surface area contributed by atoms with Crippen molar-refractivity contribution in [3.05, 3.63) is 83.4 Å². The molecule has 0 amide bonds. The quantitative estimate of drug-likeness (QED) is 0.460. The molecule has 0 aromatic heterocycles. The van der Waals surface area contributed by atoms with Crippen molar-refractivity contribution in [3.8, 4) is 0 Å². The van der Waals surface area contributed by atoms with E-state index in [-0.39, 0.29) is 10.5 Å². The maximum atomic E-state index is 13.8. The number of methoxy groups -OCH3 is 1. The average Bonchev–Trinajstić information content (AvgIpc) is 2.67. The fourth-order valence-electron chi connectivity index (χ4n) is 3.11. The summed E-state index contributed by atoms with van der Waals surface area (Å²) in [6.07, 6.45) is 0. The molecule has 0 bridgehead atoms. The highest BCUT2D eigenvalue weighted by Crippen LogP contribution is 2.62. The number of esters is 1. The first-order chi connectivity index (χ1) is 13.4. The van der Waals surface area contributed by atoms with Gasteiger partial charge >= 0.3 is 5.97 Å². The third-order valence-electron chi connectivity index (χ3n) is 5.00. The molecule has 156 valence electrons. The molecule has 0 fully saturated rings. The van der Waals surface area contributed by atoms with E-state index in [0.717, 1.165) is 5.56 Å². The van der Waals surface area contributed by atoms with Gasteiger partial charge in [0.05, 0.1) is 37.3 Å². The first-order valence-electron chi connectivity index (χ1n) is 9.07. The minimum atomic E-state index is -4.31. The largest absolute Gasteiger partial charge is 0.654 e. The van der Waals surface area contributed by atoms with E-state index in [9.17, 15) is 18.9 Å². The predicted octanol–water partition coefficient (Wildman–Crippen LogP) is 4.88. The number of hydrogen-bond acceptors (Lipinski definition) is 4. The second kappa shape index (κ2) is 8.39. The average molecular weight is 434 g/mol. The van der Waals surface area contributed by atoms with E-state index in [1.165, 1.54) is 19.2 Å². The zero-order valence-corrected chi connectivity index (χ0v) is 19.2. The van der Waals surface area contributed by atoms with Gasteiger partial charge in [-0.15, -0.1) is 0 Å². The van der Waals surface area contributed by atoms with E-state index < -0.39 is 33.9 Å². The van der Waals surface area contributed by atoms with E-state index in [1.807, 2.05) is 26.9 Å². The van der Waals surface area contributed by atoms with Gasteiger partial charge in [0.1, 0.15) is 5.92 Å². The van der Waals surface area contributed by atoms with E-state index in [1.54, 1.807) is 42.5 Å². The Morgan fingerprint density at radius 2 is 1.59 bits per heavy atom. The molecule has 0 spiro atoms. The maximum absolute atomic E-state index is 13.8. The molecule has 5 nitrogen and oxygen atoms in total. The molecular formula is C22H28NO4PS. The molecule has 2 atom stereocenters. The lowest BCUT2D eigenvalue weighted by molar-refractivity contribution is -0.144. The van der Waals surface area contributed by atoms with E-state index in [0.29, 0.717) is 5.31 Å². The molecule has 2 aromatic carbocycles. The summed E-state index contributed by atoms with van der Waals surface area (Å²) in [7, 11) is -5.00. The number of carbonyl (C=O) groups excluding carboxylic acids is 1. The number of nitrogens with one attached hydrogen (secondary N) is 1. The minimum absolute atomic E-state index is 0.0177. The van der Waals surface area contributed by atoms with Gasteiger partial charge in [0.15, 0.2) is 9.84 Å². The Morgan fingerprint density at radius 1 is 1.07 bits per heavy atom. The normalized spacial score (nSPS) is 15.2. The molecule has 0 aliphatic carbocycles. The van der Waals surface area contributed by atoms with Crippen molar-refractivity contribution in [1.82, 2.24) is 0 Å². The number of aryl methyl sites for hydroxylation is 1. The van der Waals surface area contributed by atoms with E-state index >= 15 is 0 Å². The molecule has 7 heteroatoms. The SMILES string of the molecule is C=C(C(C(=O)OC)C([NH-])(c1ccccc1)S(=O)(=O)c1ccc(C)cc1)[P+](C)(C)C. The number of benzene rings is 2. The Morgan fingerprint density at radius 3 is 2.03 bits per heavy atom. The maximum Gasteiger partial charge on any atom is 0.316 e. The number of ether oxygens (including phenoxy) is 1. The molecule has 0 aliphatic rings. The number of sulfone groups is 1. The minimum Gasteiger partial charge on any atom is -0.654 e.